The van der Waals surface area contributed by atoms with E-state index in [9.17, 15) is 9.59 Å². The van der Waals surface area contributed by atoms with Crippen molar-refractivity contribution in [3.63, 3.8) is 0 Å². The van der Waals surface area contributed by atoms with Crippen molar-refractivity contribution in [2.45, 2.75) is 61.8 Å². The SMILES string of the molecule is CN1C(=O)C2(CC(C3CCCOC3)Oc3ccc(Br)cc32)N=C1N.CSC1=NC2(CC(C3CCCOC3)Oc3ccc(Br)cc32)C(=O)N1C.I.N. The topological polar surface area (TPSA) is 163 Å². The van der Waals surface area contributed by atoms with E-state index in [-0.39, 0.29) is 66.0 Å². The molecule has 51 heavy (non-hydrogen) atoms. The highest BCUT2D eigenvalue weighted by Crippen LogP contribution is 2.50. The van der Waals surface area contributed by atoms with Gasteiger partial charge in [-0.05, 0) is 68.3 Å². The molecule has 6 unspecified atom stereocenters. The van der Waals surface area contributed by atoms with Crippen LogP contribution in [0.4, 0.5) is 0 Å². The fraction of sp³-hybridized carbons (Fsp3) is 0.543. The number of fused-ring (bicyclic) bond motifs is 4. The maximum atomic E-state index is 13.2. The maximum Gasteiger partial charge on any atom is 0.261 e. The molecule has 2 fully saturated rings. The predicted molar refractivity (Wildman–Crippen MR) is 215 cm³/mol. The Morgan fingerprint density at radius 3 is 1.67 bits per heavy atom. The van der Waals surface area contributed by atoms with Gasteiger partial charge in [-0.1, -0.05) is 43.6 Å². The molecule has 2 aromatic carbocycles. The molecule has 0 aliphatic carbocycles. The highest BCUT2D eigenvalue weighted by Gasteiger charge is 2.56. The van der Waals surface area contributed by atoms with Gasteiger partial charge in [-0.3, -0.25) is 19.4 Å². The zero-order chi connectivity index (χ0) is 34.5. The zero-order valence-corrected chi connectivity index (χ0v) is 35.3. The standard InChI is InChI=1S/C18H21BrN2O3S.C17H20BrN3O3.HI.H3N/c1-21-16(22)18(20-17(21)25-2)9-15(11-4-3-7-23-10-11)24-14-6-5-12(19)8-13(14)18;1-21-15(22)17(20-16(21)19)8-14(10-3-2-6-23-9-10)24-13-5-4-11(18)7-12(13)17;;/h5-6,8,11,15H,3-4,7,9-10H2,1-2H3;4-5,7,10,14H,2-3,6,8-9H2,1H3,(H2,19,20);1H;1H3. The Morgan fingerprint density at radius 2 is 1.27 bits per heavy atom. The number of nitrogens with zero attached hydrogens (tertiary/aromatic N) is 4. The van der Waals surface area contributed by atoms with Crippen LogP contribution in [0, 0.1) is 11.8 Å². The van der Waals surface area contributed by atoms with Crippen LogP contribution in [-0.2, 0) is 30.1 Å². The fourth-order valence-electron chi connectivity index (χ4n) is 7.86. The van der Waals surface area contributed by atoms with Crippen molar-refractivity contribution in [3.8, 4) is 11.5 Å². The van der Waals surface area contributed by atoms with Crippen LogP contribution in [0.1, 0.15) is 49.7 Å². The number of rotatable bonds is 2. The van der Waals surface area contributed by atoms with E-state index >= 15 is 0 Å². The van der Waals surface area contributed by atoms with Crippen LogP contribution in [0.15, 0.2) is 55.3 Å². The average Bonchev–Trinajstić information content (AvgIpc) is 3.49. The van der Waals surface area contributed by atoms with Gasteiger partial charge in [0.1, 0.15) is 23.7 Å². The third-order valence-electron chi connectivity index (χ3n) is 10.5. The summed E-state index contributed by atoms with van der Waals surface area (Å²) in [6.07, 6.45) is 7.01. The van der Waals surface area contributed by atoms with Gasteiger partial charge in [0.05, 0.1) is 13.2 Å². The third kappa shape index (κ3) is 7.31. The summed E-state index contributed by atoms with van der Waals surface area (Å²) in [6.45, 7) is 2.96. The average molecular weight is 965 g/mol. The Kier molecular flexibility index (Phi) is 12.8. The number of amides is 2. The molecule has 2 spiro atoms. The first-order valence-electron chi connectivity index (χ1n) is 16.7. The number of benzene rings is 2. The molecule has 0 radical (unpaired) electrons. The summed E-state index contributed by atoms with van der Waals surface area (Å²) < 4.78 is 25.7. The molecule has 2 saturated heterocycles. The second kappa shape index (κ2) is 16.2. The lowest BCUT2D eigenvalue weighted by atomic mass is 9.78. The number of halogens is 3. The van der Waals surface area contributed by atoms with Gasteiger partial charge in [0.15, 0.2) is 22.2 Å². The van der Waals surface area contributed by atoms with E-state index in [2.05, 4.69) is 36.9 Å². The number of guanidine groups is 1. The summed E-state index contributed by atoms with van der Waals surface area (Å²) >= 11 is 8.51. The number of hydrogen-bond donors (Lipinski definition) is 2. The Balaban J connectivity index is 0.000000190. The summed E-state index contributed by atoms with van der Waals surface area (Å²) in [6, 6.07) is 11.6. The predicted octanol–water partition coefficient (Wildman–Crippen LogP) is 6.20. The van der Waals surface area contributed by atoms with Gasteiger partial charge < -0.3 is 30.8 Å². The first-order valence-corrected chi connectivity index (χ1v) is 19.5. The Bertz CT molecular complexity index is 1710. The Labute approximate surface area is 336 Å². The molecule has 16 heteroatoms. The lowest BCUT2D eigenvalue weighted by molar-refractivity contribution is -0.134. The second-order valence-corrected chi connectivity index (χ2v) is 16.1. The molecule has 6 heterocycles. The van der Waals surface area contributed by atoms with Crippen molar-refractivity contribution in [1.82, 2.24) is 16.0 Å². The number of likely N-dealkylation sites (N-methyl/N-ethyl adjacent to an activating group) is 2. The van der Waals surface area contributed by atoms with E-state index in [0.717, 1.165) is 69.9 Å². The molecular formula is C35H45Br2IN6O6S. The highest BCUT2D eigenvalue weighted by atomic mass is 127. The number of hydrogen-bond acceptors (Lipinski definition) is 11. The van der Waals surface area contributed by atoms with Crippen LogP contribution >= 0.6 is 67.6 Å². The van der Waals surface area contributed by atoms with Crippen LogP contribution < -0.4 is 21.4 Å². The number of ether oxygens (including phenoxy) is 4. The van der Waals surface area contributed by atoms with Crippen molar-refractivity contribution in [2.75, 3.05) is 46.8 Å². The van der Waals surface area contributed by atoms with Crippen molar-refractivity contribution in [2.24, 2.45) is 27.6 Å². The quantitative estimate of drug-likeness (QED) is 0.334. The fourth-order valence-corrected chi connectivity index (χ4v) is 9.19. The molecule has 0 bridgehead atoms. The molecule has 0 saturated carbocycles. The molecule has 12 nitrogen and oxygen atoms in total. The number of thioether (sulfide) groups is 1. The van der Waals surface area contributed by atoms with Gasteiger partial charge in [-0.2, -0.15) is 0 Å². The van der Waals surface area contributed by atoms with Crippen molar-refractivity contribution in [1.29, 1.82) is 0 Å². The molecule has 278 valence electrons. The number of carbonyl (C=O) groups is 2. The molecule has 6 aliphatic heterocycles. The minimum absolute atomic E-state index is 0. The van der Waals surface area contributed by atoms with Gasteiger partial charge in [-0.15, -0.1) is 24.0 Å². The van der Waals surface area contributed by atoms with Gasteiger partial charge in [0, 0.05) is 72.1 Å². The van der Waals surface area contributed by atoms with Crippen molar-refractivity contribution >= 4 is 90.5 Å². The molecule has 0 aromatic heterocycles. The van der Waals surface area contributed by atoms with Crippen LogP contribution in [0.25, 0.3) is 0 Å². The van der Waals surface area contributed by atoms with E-state index < -0.39 is 11.1 Å². The van der Waals surface area contributed by atoms with Crippen molar-refractivity contribution < 1.29 is 28.5 Å². The minimum Gasteiger partial charge on any atom is -0.490 e. The second-order valence-electron chi connectivity index (χ2n) is 13.5. The number of nitrogens with two attached hydrogens (primary N) is 1. The first-order chi connectivity index (χ1) is 23.6. The van der Waals surface area contributed by atoms with Gasteiger partial charge >= 0.3 is 0 Å². The van der Waals surface area contributed by atoms with Crippen molar-refractivity contribution in [3.05, 3.63) is 56.5 Å². The zero-order valence-electron chi connectivity index (χ0n) is 28.9. The largest absolute Gasteiger partial charge is 0.490 e. The first kappa shape index (κ1) is 40.2. The molecule has 2 aromatic rings. The molecule has 8 rings (SSSR count). The Morgan fingerprint density at radius 1 is 0.804 bits per heavy atom. The van der Waals surface area contributed by atoms with Gasteiger partial charge in [0.2, 0.25) is 0 Å². The molecule has 2 amide bonds. The molecule has 6 aliphatic rings. The monoisotopic (exact) mass is 962 g/mol. The lowest BCUT2D eigenvalue weighted by Crippen LogP contribution is -2.48. The molecule has 5 N–H and O–H groups in total. The number of carbonyl (C=O) groups excluding carboxylic acids is 2. The molecule has 6 atom stereocenters. The molecular weight excluding hydrogens is 919 g/mol. The summed E-state index contributed by atoms with van der Waals surface area (Å²) in [4.78, 5) is 38.9. The van der Waals surface area contributed by atoms with E-state index in [1.165, 1.54) is 16.7 Å². The number of amidine groups is 1. The van der Waals surface area contributed by atoms with E-state index in [1.54, 1.807) is 19.0 Å². The van der Waals surface area contributed by atoms with Crippen LogP contribution in [0.3, 0.4) is 0 Å². The summed E-state index contributed by atoms with van der Waals surface area (Å²) in [5.41, 5.74) is 5.74. The van der Waals surface area contributed by atoms with Gasteiger partial charge in [-0.25, -0.2) is 9.98 Å². The van der Waals surface area contributed by atoms with Gasteiger partial charge in [0.25, 0.3) is 11.8 Å². The maximum absolute atomic E-state index is 13.2. The van der Waals surface area contributed by atoms with E-state index in [0.29, 0.717) is 37.7 Å². The minimum atomic E-state index is -0.988. The Hall–Kier alpha value is -1.96. The van der Waals surface area contributed by atoms with E-state index in [4.69, 9.17) is 29.7 Å². The number of aliphatic imine (C=N–C) groups is 2. The summed E-state index contributed by atoms with van der Waals surface area (Å²) in [5.74, 6) is 2.23. The van der Waals surface area contributed by atoms with Crippen LogP contribution in [0.2, 0.25) is 0 Å². The third-order valence-corrected chi connectivity index (χ3v) is 12.2. The summed E-state index contributed by atoms with van der Waals surface area (Å²) in [7, 11) is 3.47. The smallest absolute Gasteiger partial charge is 0.261 e. The van der Waals surface area contributed by atoms with Crippen LogP contribution in [-0.4, -0.2) is 91.7 Å². The highest BCUT2D eigenvalue weighted by molar-refractivity contribution is 14.0. The normalized spacial score (nSPS) is 30.8. The lowest BCUT2D eigenvalue weighted by Gasteiger charge is -2.40. The van der Waals surface area contributed by atoms with Crippen LogP contribution in [0.5, 0.6) is 11.5 Å². The van der Waals surface area contributed by atoms with E-state index in [1.807, 2.05) is 42.7 Å². The summed E-state index contributed by atoms with van der Waals surface area (Å²) in [5, 5.41) is 0.761.